The number of nitrogens with zero attached hydrogens (tertiary/aromatic N) is 1. The molecule has 1 heterocycles. The van der Waals surface area contributed by atoms with E-state index in [0.29, 0.717) is 34.0 Å². The van der Waals surface area contributed by atoms with E-state index in [1.54, 1.807) is 36.5 Å². The van der Waals surface area contributed by atoms with Crippen molar-refractivity contribution in [2.24, 2.45) is 0 Å². The summed E-state index contributed by atoms with van der Waals surface area (Å²) in [6.07, 6.45) is 1.58. The van der Waals surface area contributed by atoms with Gasteiger partial charge in [0.05, 0.1) is 5.02 Å². The number of nitrogens with one attached hydrogen (secondary N) is 1. The van der Waals surface area contributed by atoms with E-state index in [1.165, 1.54) is 0 Å². The predicted octanol–water partition coefficient (Wildman–Crippen LogP) is 5.29. The van der Waals surface area contributed by atoms with E-state index in [4.69, 9.17) is 32.7 Å². The molecular formula is C21H18Cl2N2O3. The third-order valence-electron chi connectivity index (χ3n) is 3.93. The van der Waals surface area contributed by atoms with E-state index in [1.807, 2.05) is 31.2 Å². The van der Waals surface area contributed by atoms with Gasteiger partial charge in [0.1, 0.15) is 12.4 Å². The van der Waals surface area contributed by atoms with Gasteiger partial charge in [0.2, 0.25) is 0 Å². The highest BCUT2D eigenvalue weighted by atomic mass is 35.5. The van der Waals surface area contributed by atoms with Crippen molar-refractivity contribution < 1.29 is 14.3 Å². The molecule has 1 N–H and O–H groups in total. The van der Waals surface area contributed by atoms with Crippen molar-refractivity contribution in [2.45, 2.75) is 13.5 Å². The largest absolute Gasteiger partial charge is 0.485 e. The number of halogens is 2. The number of hydrogen-bond donors (Lipinski definition) is 1. The molecule has 5 nitrogen and oxygen atoms in total. The summed E-state index contributed by atoms with van der Waals surface area (Å²) in [6, 6.07) is 16.2. The van der Waals surface area contributed by atoms with Gasteiger partial charge in [-0.15, -0.1) is 0 Å². The van der Waals surface area contributed by atoms with Crippen molar-refractivity contribution in [2.75, 3.05) is 11.9 Å². The Bertz CT molecular complexity index is 979. The van der Waals surface area contributed by atoms with Gasteiger partial charge in [-0.1, -0.05) is 47.5 Å². The van der Waals surface area contributed by atoms with Crippen LogP contribution in [0.4, 0.5) is 5.82 Å². The molecule has 144 valence electrons. The zero-order valence-corrected chi connectivity index (χ0v) is 16.6. The second-order valence-electron chi connectivity index (χ2n) is 5.98. The van der Waals surface area contributed by atoms with Crippen molar-refractivity contribution in [3.05, 3.63) is 82.0 Å². The molecule has 0 bridgehead atoms. The Labute approximate surface area is 173 Å². The van der Waals surface area contributed by atoms with Gasteiger partial charge in [-0.2, -0.15) is 0 Å². The van der Waals surface area contributed by atoms with Crippen LogP contribution in [0, 0.1) is 6.92 Å². The number of carbonyl (C=O) groups is 1. The van der Waals surface area contributed by atoms with E-state index in [0.717, 1.165) is 11.1 Å². The summed E-state index contributed by atoms with van der Waals surface area (Å²) in [7, 11) is 0. The molecule has 0 fully saturated rings. The highest BCUT2D eigenvalue weighted by Crippen LogP contribution is 2.27. The number of anilines is 1. The van der Waals surface area contributed by atoms with Crippen molar-refractivity contribution in [1.82, 2.24) is 4.98 Å². The van der Waals surface area contributed by atoms with Crippen LogP contribution < -0.4 is 14.8 Å². The Kier molecular flexibility index (Phi) is 6.74. The lowest BCUT2D eigenvalue weighted by Gasteiger charge is -2.13. The number of benzene rings is 2. The number of pyridine rings is 1. The zero-order valence-electron chi connectivity index (χ0n) is 15.1. The van der Waals surface area contributed by atoms with Crippen LogP contribution in [0.15, 0.2) is 60.8 Å². The molecule has 0 spiro atoms. The lowest BCUT2D eigenvalue weighted by molar-refractivity contribution is -0.118. The van der Waals surface area contributed by atoms with Crippen LogP contribution in [0.3, 0.4) is 0 Å². The van der Waals surface area contributed by atoms with Gasteiger partial charge >= 0.3 is 0 Å². The van der Waals surface area contributed by atoms with Gasteiger partial charge in [0.15, 0.2) is 18.2 Å². The first-order valence-corrected chi connectivity index (χ1v) is 9.28. The molecule has 0 saturated heterocycles. The molecule has 1 amide bonds. The van der Waals surface area contributed by atoms with Crippen LogP contribution in [0.25, 0.3) is 0 Å². The van der Waals surface area contributed by atoms with Crippen LogP contribution in [-0.4, -0.2) is 17.5 Å². The van der Waals surface area contributed by atoms with Crippen molar-refractivity contribution in [3.63, 3.8) is 0 Å². The fraction of sp³-hybridized carbons (Fsp3) is 0.143. The molecule has 3 aromatic rings. The van der Waals surface area contributed by atoms with Crippen LogP contribution in [0.5, 0.6) is 11.5 Å². The van der Waals surface area contributed by atoms with E-state index < -0.39 is 0 Å². The molecule has 0 aliphatic rings. The number of aromatic nitrogens is 1. The number of rotatable bonds is 7. The average Bonchev–Trinajstić information content (AvgIpc) is 2.68. The number of aryl methyl sites for hydroxylation is 1. The molecular weight excluding hydrogens is 399 g/mol. The first-order valence-electron chi connectivity index (χ1n) is 8.53. The van der Waals surface area contributed by atoms with Crippen molar-refractivity contribution in [3.8, 4) is 11.5 Å². The summed E-state index contributed by atoms with van der Waals surface area (Å²) in [4.78, 5) is 16.4. The summed E-state index contributed by atoms with van der Waals surface area (Å²) in [5.74, 6) is 0.791. The van der Waals surface area contributed by atoms with E-state index in [-0.39, 0.29) is 12.5 Å². The Balaban J connectivity index is 1.61. The van der Waals surface area contributed by atoms with Gasteiger partial charge in [0, 0.05) is 11.2 Å². The third-order valence-corrected chi connectivity index (χ3v) is 4.46. The molecule has 1 aromatic heterocycles. The number of hydrogen-bond acceptors (Lipinski definition) is 4. The van der Waals surface area contributed by atoms with Crippen molar-refractivity contribution >= 4 is 34.9 Å². The first kappa shape index (κ1) is 20.0. The Morgan fingerprint density at radius 1 is 1.04 bits per heavy atom. The summed E-state index contributed by atoms with van der Waals surface area (Å²) in [5, 5.41) is 3.52. The standard InChI is InChI=1S/C21H18Cl2N2O3/c1-14-5-2-3-6-15(14)12-27-19-7-4-10-24-21(19)25-20(26)13-28-18-9-8-16(22)11-17(18)23/h2-11H,12-13H2,1H3,(H,24,25,26). The summed E-state index contributed by atoms with van der Waals surface area (Å²) >= 11 is 11.9. The number of ether oxygens (including phenoxy) is 2. The van der Waals surface area contributed by atoms with Crippen LogP contribution in [0.2, 0.25) is 10.0 Å². The topological polar surface area (TPSA) is 60.5 Å². The predicted molar refractivity (Wildman–Crippen MR) is 110 cm³/mol. The third kappa shape index (κ3) is 5.38. The molecule has 0 aliphatic heterocycles. The lowest BCUT2D eigenvalue weighted by Crippen LogP contribution is -2.21. The highest BCUT2D eigenvalue weighted by molar-refractivity contribution is 6.35. The van der Waals surface area contributed by atoms with Gasteiger partial charge < -0.3 is 14.8 Å². The maximum absolute atomic E-state index is 12.2. The zero-order chi connectivity index (χ0) is 19.9. The second-order valence-corrected chi connectivity index (χ2v) is 6.82. The highest BCUT2D eigenvalue weighted by Gasteiger charge is 2.11. The minimum atomic E-state index is -0.384. The maximum atomic E-state index is 12.2. The lowest BCUT2D eigenvalue weighted by atomic mass is 10.1. The molecule has 0 aliphatic carbocycles. The van der Waals surface area contributed by atoms with Crippen LogP contribution in [0.1, 0.15) is 11.1 Å². The fourth-order valence-electron chi connectivity index (χ4n) is 2.43. The summed E-state index contributed by atoms with van der Waals surface area (Å²) in [5.41, 5.74) is 2.19. The maximum Gasteiger partial charge on any atom is 0.263 e. The van der Waals surface area contributed by atoms with Crippen molar-refractivity contribution in [1.29, 1.82) is 0 Å². The first-order chi connectivity index (χ1) is 13.5. The molecule has 7 heteroatoms. The Hall–Kier alpha value is -2.76. The van der Waals surface area contributed by atoms with E-state index >= 15 is 0 Å². The monoisotopic (exact) mass is 416 g/mol. The molecule has 0 radical (unpaired) electrons. The van der Waals surface area contributed by atoms with Gasteiger partial charge in [-0.25, -0.2) is 4.98 Å². The molecule has 0 atom stereocenters. The minimum absolute atomic E-state index is 0.227. The smallest absolute Gasteiger partial charge is 0.263 e. The summed E-state index contributed by atoms with van der Waals surface area (Å²) < 4.78 is 11.3. The number of amides is 1. The molecule has 3 rings (SSSR count). The van der Waals surface area contributed by atoms with Gasteiger partial charge in [0.25, 0.3) is 5.91 Å². The summed E-state index contributed by atoms with van der Waals surface area (Å²) in [6.45, 7) is 2.16. The second kappa shape index (κ2) is 9.44. The Morgan fingerprint density at radius 2 is 1.86 bits per heavy atom. The SMILES string of the molecule is Cc1ccccc1COc1cccnc1NC(=O)COc1ccc(Cl)cc1Cl. The van der Waals surface area contributed by atoms with Gasteiger partial charge in [-0.05, 0) is 48.4 Å². The molecule has 0 saturated carbocycles. The quantitative estimate of drug-likeness (QED) is 0.567. The van der Waals surface area contributed by atoms with Crippen LogP contribution >= 0.6 is 23.2 Å². The normalized spacial score (nSPS) is 10.4. The molecule has 2 aromatic carbocycles. The molecule has 28 heavy (non-hydrogen) atoms. The Morgan fingerprint density at radius 3 is 2.64 bits per heavy atom. The minimum Gasteiger partial charge on any atom is -0.485 e. The average molecular weight is 417 g/mol. The van der Waals surface area contributed by atoms with E-state index in [2.05, 4.69) is 10.3 Å². The van der Waals surface area contributed by atoms with Crippen LogP contribution in [-0.2, 0) is 11.4 Å². The van der Waals surface area contributed by atoms with Gasteiger partial charge in [-0.3, -0.25) is 4.79 Å². The van der Waals surface area contributed by atoms with E-state index in [9.17, 15) is 4.79 Å². The molecule has 0 unspecified atom stereocenters. The fourth-order valence-corrected chi connectivity index (χ4v) is 2.90. The number of carbonyl (C=O) groups excluding carboxylic acids is 1.